The fourth-order valence-corrected chi connectivity index (χ4v) is 2.88. The van der Waals surface area contributed by atoms with Gasteiger partial charge in [0.2, 0.25) is 5.91 Å². The van der Waals surface area contributed by atoms with Crippen LogP contribution < -0.4 is 0 Å². The zero-order chi connectivity index (χ0) is 11.5. The Kier molecular flexibility index (Phi) is 3.84. The van der Waals surface area contributed by atoms with Crippen molar-refractivity contribution in [1.29, 1.82) is 0 Å². The van der Waals surface area contributed by atoms with Gasteiger partial charge >= 0.3 is 0 Å². The van der Waals surface area contributed by atoms with Gasteiger partial charge in [-0.15, -0.1) is 0 Å². The first kappa shape index (κ1) is 11.9. The monoisotopic (exact) mass is 271 g/mol. The molecule has 5 heteroatoms. The molecule has 84 valence electrons. The Morgan fingerprint density at radius 2 is 2.19 bits per heavy atom. The van der Waals surface area contributed by atoms with Gasteiger partial charge in [0, 0.05) is 17.2 Å². The summed E-state index contributed by atoms with van der Waals surface area (Å²) in [7, 11) is 0. The van der Waals surface area contributed by atoms with Crippen molar-refractivity contribution in [1.82, 2.24) is 4.90 Å². The van der Waals surface area contributed by atoms with Crippen LogP contribution in [0, 0.1) is 0 Å². The largest absolute Gasteiger partial charge is 0.293 e. The maximum Gasteiger partial charge on any atom is 0.229 e. The average Bonchev–Trinajstić information content (AvgIpc) is 2.26. The second-order valence-electron chi connectivity index (χ2n) is 3.44. The number of thioether (sulfide) groups is 1. The van der Waals surface area contributed by atoms with E-state index in [0.29, 0.717) is 22.3 Å². The van der Waals surface area contributed by atoms with Gasteiger partial charge in [-0.25, -0.2) is 0 Å². The van der Waals surface area contributed by atoms with Crippen LogP contribution in [-0.4, -0.2) is 20.9 Å². The molecule has 1 aromatic carbocycles. The molecule has 1 saturated heterocycles. The summed E-state index contributed by atoms with van der Waals surface area (Å²) in [6.45, 7) is 0.477. The number of rotatable bonds is 2. The zero-order valence-electron chi connectivity index (χ0n) is 8.48. The van der Waals surface area contributed by atoms with E-state index in [1.165, 1.54) is 0 Å². The van der Waals surface area contributed by atoms with Crippen molar-refractivity contribution in [2.75, 3.05) is 5.75 Å². The van der Waals surface area contributed by atoms with Gasteiger partial charge in [0.25, 0.3) is 0 Å². The Bertz CT molecular complexity index is 420. The lowest BCUT2D eigenvalue weighted by Crippen LogP contribution is -2.37. The van der Waals surface area contributed by atoms with E-state index < -0.39 is 0 Å². The number of amides is 1. The lowest BCUT2D eigenvalue weighted by Gasteiger charge is -2.27. The summed E-state index contributed by atoms with van der Waals surface area (Å²) in [5.74, 6) is 0.875. The normalized spacial score (nSPS) is 16.7. The quantitative estimate of drug-likeness (QED) is 0.771. The number of carbonyl (C=O) groups excluding carboxylic acids is 1. The highest BCUT2D eigenvalue weighted by atomic mass is 35.5. The summed E-state index contributed by atoms with van der Waals surface area (Å²) in [6, 6.07) is 7.52. The Labute approximate surface area is 109 Å². The highest BCUT2D eigenvalue weighted by molar-refractivity contribution is 8.23. The van der Waals surface area contributed by atoms with Crippen molar-refractivity contribution in [3.63, 3.8) is 0 Å². The van der Waals surface area contributed by atoms with E-state index in [1.54, 1.807) is 16.7 Å². The standard InChI is InChI=1S/C11H10ClNOS2/c12-9-4-2-1-3-8(9)7-13-10(14)5-6-16-11(13)15/h1-4H,5-7H2. The van der Waals surface area contributed by atoms with Crippen LogP contribution in [0.1, 0.15) is 12.0 Å². The van der Waals surface area contributed by atoms with Crippen LogP contribution in [0.2, 0.25) is 5.02 Å². The summed E-state index contributed by atoms with van der Waals surface area (Å²) < 4.78 is 0.649. The van der Waals surface area contributed by atoms with E-state index in [0.717, 1.165) is 11.3 Å². The summed E-state index contributed by atoms with van der Waals surface area (Å²) in [4.78, 5) is 13.3. The molecule has 1 aliphatic heterocycles. The molecule has 1 aliphatic rings. The van der Waals surface area contributed by atoms with Crippen LogP contribution in [0.25, 0.3) is 0 Å². The second-order valence-corrected chi connectivity index (χ2v) is 5.57. The van der Waals surface area contributed by atoms with Gasteiger partial charge in [0.05, 0.1) is 6.54 Å². The van der Waals surface area contributed by atoms with E-state index in [2.05, 4.69) is 0 Å². The molecule has 0 spiro atoms. The lowest BCUT2D eigenvalue weighted by molar-refractivity contribution is -0.127. The van der Waals surface area contributed by atoms with Gasteiger partial charge in [0.15, 0.2) is 0 Å². The maximum absolute atomic E-state index is 11.7. The average molecular weight is 272 g/mol. The molecule has 0 saturated carbocycles. The summed E-state index contributed by atoms with van der Waals surface area (Å²) in [5, 5.41) is 0.675. The highest BCUT2D eigenvalue weighted by Crippen LogP contribution is 2.23. The number of thiocarbonyl (C=S) groups is 1. The zero-order valence-corrected chi connectivity index (χ0v) is 10.9. The number of halogens is 1. The van der Waals surface area contributed by atoms with Crippen LogP contribution in [0.4, 0.5) is 0 Å². The van der Waals surface area contributed by atoms with E-state index in [1.807, 2.05) is 24.3 Å². The van der Waals surface area contributed by atoms with Crippen molar-refractivity contribution in [3.8, 4) is 0 Å². The molecule has 0 radical (unpaired) electrons. The molecule has 0 unspecified atom stereocenters. The van der Waals surface area contributed by atoms with Crippen molar-refractivity contribution in [2.45, 2.75) is 13.0 Å². The summed E-state index contributed by atoms with van der Waals surface area (Å²) in [5.41, 5.74) is 0.933. The molecule has 2 rings (SSSR count). The van der Waals surface area contributed by atoms with Crippen molar-refractivity contribution in [2.24, 2.45) is 0 Å². The number of hydrogen-bond acceptors (Lipinski definition) is 3. The summed E-state index contributed by atoms with van der Waals surface area (Å²) >= 11 is 12.8. The van der Waals surface area contributed by atoms with Crippen molar-refractivity contribution in [3.05, 3.63) is 34.9 Å². The van der Waals surface area contributed by atoms with Gasteiger partial charge < -0.3 is 0 Å². The minimum Gasteiger partial charge on any atom is -0.293 e. The molecule has 1 amide bonds. The Hall–Kier alpha value is -0.580. The minimum absolute atomic E-state index is 0.0867. The Morgan fingerprint density at radius 1 is 1.44 bits per heavy atom. The molecule has 1 fully saturated rings. The van der Waals surface area contributed by atoms with Gasteiger partial charge in [-0.3, -0.25) is 9.69 Å². The van der Waals surface area contributed by atoms with Gasteiger partial charge in [-0.1, -0.05) is 53.8 Å². The topological polar surface area (TPSA) is 20.3 Å². The lowest BCUT2D eigenvalue weighted by atomic mass is 10.2. The van der Waals surface area contributed by atoms with E-state index in [9.17, 15) is 4.79 Å². The van der Waals surface area contributed by atoms with Crippen LogP contribution >= 0.6 is 35.6 Å². The van der Waals surface area contributed by atoms with E-state index in [-0.39, 0.29) is 5.91 Å². The van der Waals surface area contributed by atoms with Crippen LogP contribution in [-0.2, 0) is 11.3 Å². The third-order valence-electron chi connectivity index (χ3n) is 2.35. The second kappa shape index (κ2) is 5.17. The number of benzene rings is 1. The fourth-order valence-electron chi connectivity index (χ4n) is 1.49. The smallest absolute Gasteiger partial charge is 0.229 e. The Morgan fingerprint density at radius 3 is 2.88 bits per heavy atom. The van der Waals surface area contributed by atoms with E-state index >= 15 is 0 Å². The molecular formula is C11H10ClNOS2. The van der Waals surface area contributed by atoms with Gasteiger partial charge in [-0.05, 0) is 11.6 Å². The maximum atomic E-state index is 11.7. The number of nitrogens with zero attached hydrogens (tertiary/aromatic N) is 1. The first-order valence-electron chi connectivity index (χ1n) is 4.89. The molecule has 1 aromatic rings. The van der Waals surface area contributed by atoms with Crippen LogP contribution in [0.15, 0.2) is 24.3 Å². The molecule has 2 nitrogen and oxygen atoms in total. The molecule has 16 heavy (non-hydrogen) atoms. The SMILES string of the molecule is O=C1CCSC(=S)N1Cc1ccccc1Cl. The predicted octanol–water partition coefficient (Wildman–Crippen LogP) is 3.09. The van der Waals surface area contributed by atoms with Gasteiger partial charge in [0.1, 0.15) is 4.32 Å². The van der Waals surface area contributed by atoms with Gasteiger partial charge in [-0.2, -0.15) is 0 Å². The molecule has 0 aromatic heterocycles. The first-order chi connectivity index (χ1) is 7.68. The van der Waals surface area contributed by atoms with E-state index in [4.69, 9.17) is 23.8 Å². The fraction of sp³-hybridized carbons (Fsp3) is 0.273. The van der Waals surface area contributed by atoms with Crippen molar-refractivity contribution >= 4 is 45.8 Å². The molecular weight excluding hydrogens is 262 g/mol. The molecule has 0 bridgehead atoms. The van der Waals surface area contributed by atoms with Crippen LogP contribution in [0.5, 0.6) is 0 Å². The predicted molar refractivity (Wildman–Crippen MR) is 71.7 cm³/mol. The Balaban J connectivity index is 2.17. The third kappa shape index (κ3) is 2.56. The highest BCUT2D eigenvalue weighted by Gasteiger charge is 2.24. The molecule has 1 heterocycles. The minimum atomic E-state index is 0.0867. The molecule has 0 aliphatic carbocycles. The van der Waals surface area contributed by atoms with Crippen molar-refractivity contribution < 1.29 is 4.79 Å². The third-order valence-corrected chi connectivity index (χ3v) is 4.17. The number of carbonyl (C=O) groups is 1. The first-order valence-corrected chi connectivity index (χ1v) is 6.66. The number of hydrogen-bond donors (Lipinski definition) is 0. The molecule has 0 atom stereocenters. The summed E-state index contributed by atoms with van der Waals surface area (Å²) in [6.07, 6.45) is 0.551. The van der Waals surface area contributed by atoms with Crippen LogP contribution in [0.3, 0.4) is 0 Å². The molecule has 0 N–H and O–H groups in total.